The van der Waals surface area contributed by atoms with Crippen LogP contribution in [0.15, 0.2) is 54.6 Å². The van der Waals surface area contributed by atoms with E-state index < -0.39 is 5.92 Å². The second-order valence-electron chi connectivity index (χ2n) is 7.74. The van der Waals surface area contributed by atoms with Crippen molar-refractivity contribution in [1.82, 2.24) is 14.5 Å². The fourth-order valence-corrected chi connectivity index (χ4v) is 4.07. The predicted molar refractivity (Wildman–Crippen MR) is 115 cm³/mol. The Bertz CT molecular complexity index is 1120. The van der Waals surface area contributed by atoms with Crippen molar-refractivity contribution >= 4 is 22.7 Å². The molecule has 1 amide bonds. The predicted octanol–water partition coefficient (Wildman–Crippen LogP) is 3.07. The SMILES string of the molecule is Cn1c(C(C#N)C(=O)C2CCN(C(=O)COc3ccccc3)CC2)nc2ccccc21. The summed E-state index contributed by atoms with van der Waals surface area (Å²) in [5, 5.41) is 9.74. The number of hydrogen-bond donors (Lipinski definition) is 0. The molecule has 4 rings (SSSR count). The number of benzene rings is 2. The van der Waals surface area contributed by atoms with Gasteiger partial charge in [-0.15, -0.1) is 0 Å². The molecule has 158 valence electrons. The molecule has 0 spiro atoms. The molecular weight excluding hydrogens is 392 g/mol. The van der Waals surface area contributed by atoms with Crippen molar-refractivity contribution in [2.75, 3.05) is 19.7 Å². The van der Waals surface area contributed by atoms with E-state index >= 15 is 0 Å². The molecule has 1 aliphatic heterocycles. The fourth-order valence-electron chi connectivity index (χ4n) is 4.07. The molecule has 3 aromatic rings. The number of imidazole rings is 1. The van der Waals surface area contributed by atoms with Gasteiger partial charge >= 0.3 is 0 Å². The number of piperidine rings is 1. The van der Waals surface area contributed by atoms with Gasteiger partial charge in [-0.05, 0) is 37.1 Å². The zero-order chi connectivity index (χ0) is 21.8. The van der Waals surface area contributed by atoms with Crippen LogP contribution in [-0.2, 0) is 16.6 Å². The maximum Gasteiger partial charge on any atom is 0.260 e. The van der Waals surface area contributed by atoms with Gasteiger partial charge in [0.1, 0.15) is 11.6 Å². The molecule has 7 nitrogen and oxygen atoms in total. The minimum Gasteiger partial charge on any atom is -0.484 e. The van der Waals surface area contributed by atoms with Crippen molar-refractivity contribution in [3.8, 4) is 11.8 Å². The molecule has 2 aromatic carbocycles. The number of aryl methyl sites for hydroxylation is 1. The average Bonchev–Trinajstić information content (AvgIpc) is 3.15. The van der Waals surface area contributed by atoms with E-state index in [9.17, 15) is 14.9 Å². The van der Waals surface area contributed by atoms with E-state index in [0.29, 0.717) is 37.5 Å². The first-order valence-corrected chi connectivity index (χ1v) is 10.4. The maximum atomic E-state index is 13.1. The molecule has 1 aromatic heterocycles. The Morgan fingerprint density at radius 1 is 1.13 bits per heavy atom. The van der Waals surface area contributed by atoms with Gasteiger partial charge in [-0.3, -0.25) is 9.59 Å². The summed E-state index contributed by atoms with van der Waals surface area (Å²) in [4.78, 5) is 31.9. The standard InChI is InChI=1S/C24H24N4O3/c1-27-21-10-6-5-9-20(21)26-24(27)19(15-25)23(30)17-11-13-28(14-12-17)22(29)16-31-18-7-3-2-4-8-18/h2-10,17,19H,11-14,16H2,1H3. The number of carbonyl (C=O) groups excluding carboxylic acids is 2. The summed E-state index contributed by atoms with van der Waals surface area (Å²) >= 11 is 0. The molecule has 1 fully saturated rings. The smallest absolute Gasteiger partial charge is 0.260 e. The molecule has 1 aliphatic rings. The number of amides is 1. The van der Waals surface area contributed by atoms with Crippen LogP contribution in [0.4, 0.5) is 0 Å². The summed E-state index contributed by atoms with van der Waals surface area (Å²) < 4.78 is 7.36. The zero-order valence-electron chi connectivity index (χ0n) is 17.4. The van der Waals surface area contributed by atoms with E-state index in [4.69, 9.17) is 4.74 Å². The number of nitriles is 1. The first kappa shape index (κ1) is 20.6. The molecule has 1 atom stereocenters. The molecule has 2 heterocycles. The number of fused-ring (bicyclic) bond motifs is 1. The summed E-state index contributed by atoms with van der Waals surface area (Å²) in [7, 11) is 1.83. The molecule has 0 saturated carbocycles. The second kappa shape index (κ2) is 9.00. The molecule has 0 aliphatic carbocycles. The number of para-hydroxylation sites is 3. The highest BCUT2D eigenvalue weighted by molar-refractivity contribution is 5.91. The Hall–Kier alpha value is -3.66. The Labute approximate surface area is 180 Å². The number of rotatable bonds is 6. The highest BCUT2D eigenvalue weighted by Gasteiger charge is 2.34. The molecule has 7 heteroatoms. The molecular formula is C24H24N4O3. The highest BCUT2D eigenvalue weighted by atomic mass is 16.5. The van der Waals surface area contributed by atoms with Gasteiger partial charge in [0.05, 0.1) is 17.1 Å². The molecule has 0 bridgehead atoms. The van der Waals surface area contributed by atoms with Crippen LogP contribution in [0.5, 0.6) is 5.75 Å². The maximum absolute atomic E-state index is 13.1. The lowest BCUT2D eigenvalue weighted by atomic mass is 9.86. The summed E-state index contributed by atoms with van der Waals surface area (Å²) in [6.45, 7) is 0.936. The number of ketones is 1. The van der Waals surface area contributed by atoms with Crippen LogP contribution in [-0.4, -0.2) is 45.8 Å². The van der Waals surface area contributed by atoms with Crippen molar-refractivity contribution in [3.05, 3.63) is 60.4 Å². The third-order valence-corrected chi connectivity index (χ3v) is 5.85. The number of likely N-dealkylation sites (tertiary alicyclic amines) is 1. The van der Waals surface area contributed by atoms with E-state index in [1.54, 1.807) is 17.0 Å². The largest absolute Gasteiger partial charge is 0.484 e. The first-order valence-electron chi connectivity index (χ1n) is 10.4. The lowest BCUT2D eigenvalue weighted by Gasteiger charge is -2.31. The van der Waals surface area contributed by atoms with E-state index in [-0.39, 0.29) is 24.2 Å². The van der Waals surface area contributed by atoms with Gasteiger partial charge in [0.2, 0.25) is 0 Å². The minimum atomic E-state index is -0.911. The van der Waals surface area contributed by atoms with Crippen molar-refractivity contribution in [1.29, 1.82) is 5.26 Å². The zero-order valence-corrected chi connectivity index (χ0v) is 17.4. The van der Waals surface area contributed by atoms with Crippen LogP contribution < -0.4 is 4.74 Å². The molecule has 1 saturated heterocycles. The van der Waals surface area contributed by atoms with Crippen molar-refractivity contribution < 1.29 is 14.3 Å². The number of carbonyl (C=O) groups is 2. The van der Waals surface area contributed by atoms with Gasteiger partial charge in [0.15, 0.2) is 18.3 Å². The van der Waals surface area contributed by atoms with Gasteiger partial charge in [0.25, 0.3) is 5.91 Å². The Kier molecular flexibility index (Phi) is 5.99. The number of aromatic nitrogens is 2. The van der Waals surface area contributed by atoms with E-state index in [0.717, 1.165) is 11.0 Å². The topological polar surface area (TPSA) is 88.2 Å². The highest BCUT2D eigenvalue weighted by Crippen LogP contribution is 2.28. The quantitative estimate of drug-likeness (QED) is 0.616. The minimum absolute atomic E-state index is 0.0245. The summed E-state index contributed by atoms with van der Waals surface area (Å²) in [6, 6.07) is 19.0. The van der Waals surface area contributed by atoms with E-state index in [2.05, 4.69) is 11.1 Å². The normalized spacial score (nSPS) is 15.4. The molecule has 0 N–H and O–H groups in total. The van der Waals surface area contributed by atoms with Crippen LogP contribution in [0.2, 0.25) is 0 Å². The first-order chi connectivity index (χ1) is 15.1. The summed E-state index contributed by atoms with van der Waals surface area (Å²) in [6.07, 6.45) is 1.08. The van der Waals surface area contributed by atoms with Gasteiger partial charge in [-0.2, -0.15) is 5.26 Å². The molecule has 1 unspecified atom stereocenters. The van der Waals surface area contributed by atoms with E-state index in [1.807, 2.05) is 54.1 Å². The van der Waals surface area contributed by atoms with Gasteiger partial charge in [-0.25, -0.2) is 4.98 Å². The van der Waals surface area contributed by atoms with Crippen LogP contribution in [0.1, 0.15) is 24.6 Å². The third kappa shape index (κ3) is 4.29. The van der Waals surface area contributed by atoms with Crippen LogP contribution >= 0.6 is 0 Å². The van der Waals surface area contributed by atoms with Crippen molar-refractivity contribution in [2.45, 2.75) is 18.8 Å². The third-order valence-electron chi connectivity index (χ3n) is 5.85. The number of Topliss-reactive ketones (excluding diaryl/α,β-unsaturated/α-hetero) is 1. The number of ether oxygens (including phenoxy) is 1. The van der Waals surface area contributed by atoms with Crippen LogP contribution in [0.3, 0.4) is 0 Å². The number of hydrogen-bond acceptors (Lipinski definition) is 5. The summed E-state index contributed by atoms with van der Waals surface area (Å²) in [5.74, 6) is -0.256. The molecule has 31 heavy (non-hydrogen) atoms. The second-order valence-corrected chi connectivity index (χ2v) is 7.74. The van der Waals surface area contributed by atoms with Crippen molar-refractivity contribution in [2.24, 2.45) is 13.0 Å². The Morgan fingerprint density at radius 3 is 2.48 bits per heavy atom. The lowest BCUT2D eigenvalue weighted by molar-refractivity contribution is -0.136. The van der Waals surface area contributed by atoms with Gasteiger partial charge < -0.3 is 14.2 Å². The fraction of sp³-hybridized carbons (Fsp3) is 0.333. The Morgan fingerprint density at radius 2 is 1.81 bits per heavy atom. The van der Waals surface area contributed by atoms with Crippen molar-refractivity contribution in [3.63, 3.8) is 0 Å². The Balaban J connectivity index is 1.37. The average molecular weight is 416 g/mol. The van der Waals surface area contributed by atoms with Crippen LogP contribution in [0, 0.1) is 17.2 Å². The van der Waals surface area contributed by atoms with Gasteiger partial charge in [-0.1, -0.05) is 30.3 Å². The van der Waals surface area contributed by atoms with E-state index in [1.165, 1.54) is 0 Å². The summed E-state index contributed by atoms with van der Waals surface area (Å²) in [5.41, 5.74) is 1.66. The van der Waals surface area contributed by atoms with Crippen LogP contribution in [0.25, 0.3) is 11.0 Å². The monoisotopic (exact) mass is 416 g/mol. The number of nitrogens with zero attached hydrogens (tertiary/aromatic N) is 4. The molecule has 0 radical (unpaired) electrons. The van der Waals surface area contributed by atoms with Gasteiger partial charge in [0, 0.05) is 26.1 Å². The lowest BCUT2D eigenvalue weighted by Crippen LogP contribution is -2.43.